The molecule has 1 heterocycles. The average Bonchev–Trinajstić information content (AvgIpc) is 2.29. The van der Waals surface area contributed by atoms with Crippen LogP contribution < -0.4 is 0 Å². The topological polar surface area (TPSA) is 48.0 Å². The number of hydrogen-bond acceptors (Lipinski definition) is 4. The molecule has 1 amide bonds. The van der Waals surface area contributed by atoms with Crippen LogP contribution in [0.3, 0.4) is 0 Å². The molecule has 0 saturated carbocycles. The average molecular weight is 295 g/mol. The van der Waals surface area contributed by atoms with Crippen molar-refractivity contribution in [1.82, 2.24) is 4.90 Å². The molecular weight excluding hydrogens is 272 g/mol. The summed E-state index contributed by atoms with van der Waals surface area (Å²) in [4.78, 5) is 13.2. The molecule has 1 rings (SSSR count). The van der Waals surface area contributed by atoms with Gasteiger partial charge in [0.15, 0.2) is 0 Å². The third kappa shape index (κ3) is 5.20. The molecule has 0 aliphatic carbocycles. The summed E-state index contributed by atoms with van der Waals surface area (Å²) >= 11 is 0. The van der Waals surface area contributed by atoms with Crippen LogP contribution in [-0.2, 0) is 14.2 Å². The second-order valence-corrected chi connectivity index (χ2v) is 5.91. The molecule has 20 heavy (non-hydrogen) atoms. The van der Waals surface area contributed by atoms with Crippen LogP contribution in [0.4, 0.5) is 13.6 Å². The minimum atomic E-state index is -2.84. The van der Waals surface area contributed by atoms with Gasteiger partial charge in [0.05, 0.1) is 12.5 Å². The van der Waals surface area contributed by atoms with Crippen LogP contribution in [0.25, 0.3) is 0 Å². The Morgan fingerprint density at radius 2 is 2.05 bits per heavy atom. The largest absolute Gasteiger partial charge is 0.444 e. The third-order valence-corrected chi connectivity index (χ3v) is 2.93. The molecule has 1 aliphatic rings. The summed E-state index contributed by atoms with van der Waals surface area (Å²) < 4.78 is 42.4. The maximum atomic E-state index is 13.8. The van der Waals surface area contributed by atoms with Crippen molar-refractivity contribution in [1.29, 1.82) is 0 Å². The second-order valence-electron chi connectivity index (χ2n) is 5.91. The monoisotopic (exact) mass is 295 g/mol. The van der Waals surface area contributed by atoms with Crippen molar-refractivity contribution in [2.24, 2.45) is 5.92 Å². The predicted octanol–water partition coefficient (Wildman–Crippen LogP) is 2.50. The van der Waals surface area contributed by atoms with E-state index in [0.717, 1.165) is 0 Å². The highest BCUT2D eigenvalue weighted by molar-refractivity contribution is 5.68. The molecule has 0 aromatic heterocycles. The van der Waals surface area contributed by atoms with E-state index in [9.17, 15) is 13.6 Å². The fourth-order valence-electron chi connectivity index (χ4n) is 1.92. The zero-order chi connectivity index (χ0) is 15.4. The summed E-state index contributed by atoms with van der Waals surface area (Å²) in [7, 11) is 1.42. The summed E-state index contributed by atoms with van der Waals surface area (Å²) in [5, 5.41) is 0. The van der Waals surface area contributed by atoms with Gasteiger partial charge in [0.2, 0.25) is 0 Å². The van der Waals surface area contributed by atoms with Crippen LogP contribution in [0, 0.1) is 5.92 Å². The van der Waals surface area contributed by atoms with Crippen LogP contribution >= 0.6 is 0 Å². The van der Waals surface area contributed by atoms with Gasteiger partial charge in [0.1, 0.15) is 12.4 Å². The van der Waals surface area contributed by atoms with Crippen LogP contribution in [0.2, 0.25) is 0 Å². The SMILES string of the molecule is COCOCC1CN(C(=O)OC(C)(C)C)CCC1(F)F. The van der Waals surface area contributed by atoms with Crippen molar-refractivity contribution in [2.45, 2.75) is 38.7 Å². The molecule has 118 valence electrons. The van der Waals surface area contributed by atoms with Gasteiger partial charge in [-0.3, -0.25) is 0 Å². The number of carbonyl (C=O) groups is 1. The van der Waals surface area contributed by atoms with E-state index in [1.54, 1.807) is 20.8 Å². The van der Waals surface area contributed by atoms with Gasteiger partial charge in [0.25, 0.3) is 5.92 Å². The number of carbonyl (C=O) groups excluding carboxylic acids is 1. The molecule has 0 aromatic rings. The molecule has 1 saturated heterocycles. The van der Waals surface area contributed by atoms with E-state index in [0.29, 0.717) is 0 Å². The van der Waals surface area contributed by atoms with E-state index in [1.165, 1.54) is 12.0 Å². The number of nitrogens with zero attached hydrogens (tertiary/aromatic N) is 1. The molecule has 5 nitrogen and oxygen atoms in total. The Labute approximate surface area is 118 Å². The number of amides is 1. The summed E-state index contributed by atoms with van der Waals surface area (Å²) in [5.74, 6) is -3.88. The third-order valence-electron chi connectivity index (χ3n) is 2.93. The van der Waals surface area contributed by atoms with Crippen molar-refractivity contribution < 1.29 is 27.8 Å². The van der Waals surface area contributed by atoms with Gasteiger partial charge in [-0.1, -0.05) is 0 Å². The van der Waals surface area contributed by atoms with Crippen molar-refractivity contribution in [3.63, 3.8) is 0 Å². The number of hydrogen-bond donors (Lipinski definition) is 0. The molecule has 0 spiro atoms. The first-order valence-electron chi connectivity index (χ1n) is 6.58. The summed E-state index contributed by atoms with van der Waals surface area (Å²) in [6.07, 6.45) is -0.947. The van der Waals surface area contributed by atoms with E-state index < -0.39 is 23.5 Å². The molecule has 1 atom stereocenters. The second kappa shape index (κ2) is 6.67. The van der Waals surface area contributed by atoms with Crippen molar-refractivity contribution >= 4 is 6.09 Å². The predicted molar refractivity (Wildman–Crippen MR) is 68.7 cm³/mol. The van der Waals surface area contributed by atoms with Gasteiger partial charge < -0.3 is 19.1 Å². The van der Waals surface area contributed by atoms with Crippen LogP contribution in [-0.4, -0.2) is 56.1 Å². The standard InChI is InChI=1S/C13H23F2NO4/c1-12(2,3)20-11(17)16-6-5-13(14,15)10(7-16)8-19-9-18-4/h10H,5-9H2,1-4H3. The Morgan fingerprint density at radius 3 is 2.60 bits per heavy atom. The molecule has 1 aliphatic heterocycles. The lowest BCUT2D eigenvalue weighted by Crippen LogP contribution is -2.51. The molecule has 0 radical (unpaired) electrons. The highest BCUT2D eigenvalue weighted by atomic mass is 19.3. The Hall–Kier alpha value is -0.950. The molecule has 0 N–H and O–H groups in total. The lowest BCUT2D eigenvalue weighted by Gasteiger charge is -2.38. The summed E-state index contributed by atoms with van der Waals surface area (Å²) in [6, 6.07) is 0. The van der Waals surface area contributed by atoms with E-state index in [2.05, 4.69) is 4.74 Å². The lowest BCUT2D eigenvalue weighted by atomic mass is 9.94. The van der Waals surface area contributed by atoms with Gasteiger partial charge in [0, 0.05) is 26.6 Å². The van der Waals surface area contributed by atoms with Crippen LogP contribution in [0.1, 0.15) is 27.2 Å². The highest BCUT2D eigenvalue weighted by Gasteiger charge is 2.45. The van der Waals surface area contributed by atoms with Gasteiger partial charge in [-0.25, -0.2) is 13.6 Å². The zero-order valence-electron chi connectivity index (χ0n) is 12.4. The Kier molecular flexibility index (Phi) is 5.70. The smallest absolute Gasteiger partial charge is 0.410 e. The number of halogens is 2. The molecule has 1 fully saturated rings. The number of ether oxygens (including phenoxy) is 3. The summed E-state index contributed by atoms with van der Waals surface area (Å²) in [5.41, 5.74) is -0.640. The Balaban J connectivity index is 2.58. The minimum Gasteiger partial charge on any atom is -0.444 e. The van der Waals surface area contributed by atoms with Crippen LogP contribution in [0.15, 0.2) is 0 Å². The van der Waals surface area contributed by atoms with E-state index in [4.69, 9.17) is 9.47 Å². The normalized spacial score (nSPS) is 22.7. The first kappa shape index (κ1) is 17.1. The minimum absolute atomic E-state index is 0.0112. The number of alkyl halides is 2. The summed E-state index contributed by atoms with van der Waals surface area (Å²) in [6.45, 7) is 4.93. The first-order chi connectivity index (χ1) is 9.15. The fourth-order valence-corrected chi connectivity index (χ4v) is 1.92. The zero-order valence-corrected chi connectivity index (χ0v) is 12.4. The Bertz CT molecular complexity index is 331. The molecule has 7 heteroatoms. The van der Waals surface area contributed by atoms with Crippen molar-refractivity contribution in [3.05, 3.63) is 0 Å². The van der Waals surface area contributed by atoms with E-state index in [-0.39, 0.29) is 32.9 Å². The number of likely N-dealkylation sites (tertiary alicyclic amines) is 1. The lowest BCUT2D eigenvalue weighted by molar-refractivity contribution is -0.142. The molecule has 0 bridgehead atoms. The fraction of sp³-hybridized carbons (Fsp3) is 0.923. The Morgan fingerprint density at radius 1 is 1.40 bits per heavy atom. The van der Waals surface area contributed by atoms with Crippen LogP contribution in [0.5, 0.6) is 0 Å². The van der Waals surface area contributed by atoms with Gasteiger partial charge in [-0.05, 0) is 20.8 Å². The number of rotatable bonds is 4. The maximum absolute atomic E-state index is 13.8. The molecule has 0 aromatic carbocycles. The first-order valence-corrected chi connectivity index (χ1v) is 6.58. The quantitative estimate of drug-likeness (QED) is 0.590. The van der Waals surface area contributed by atoms with Crippen molar-refractivity contribution in [2.75, 3.05) is 33.6 Å². The number of piperidine rings is 1. The van der Waals surface area contributed by atoms with E-state index >= 15 is 0 Å². The maximum Gasteiger partial charge on any atom is 0.410 e. The van der Waals surface area contributed by atoms with Crippen molar-refractivity contribution in [3.8, 4) is 0 Å². The van der Waals surface area contributed by atoms with Gasteiger partial charge in [-0.2, -0.15) is 0 Å². The van der Waals surface area contributed by atoms with Gasteiger partial charge in [-0.15, -0.1) is 0 Å². The number of methoxy groups -OCH3 is 1. The molecule has 1 unspecified atom stereocenters. The molecular formula is C13H23F2NO4. The highest BCUT2D eigenvalue weighted by Crippen LogP contribution is 2.34. The van der Waals surface area contributed by atoms with Gasteiger partial charge >= 0.3 is 6.09 Å². The van der Waals surface area contributed by atoms with E-state index in [1.807, 2.05) is 0 Å².